The highest BCUT2D eigenvalue weighted by Gasteiger charge is 2.24. The summed E-state index contributed by atoms with van der Waals surface area (Å²) in [5, 5.41) is 11.4. The first-order valence-corrected chi connectivity index (χ1v) is 12.5. The van der Waals surface area contributed by atoms with E-state index in [2.05, 4.69) is 11.0 Å². The highest BCUT2D eigenvalue weighted by Crippen LogP contribution is 2.39. The van der Waals surface area contributed by atoms with E-state index in [9.17, 15) is 9.90 Å². The van der Waals surface area contributed by atoms with Gasteiger partial charge in [0.1, 0.15) is 12.7 Å². The van der Waals surface area contributed by atoms with E-state index in [-0.39, 0.29) is 12.5 Å². The second-order valence-corrected chi connectivity index (χ2v) is 9.26. The Kier molecular flexibility index (Phi) is 9.09. The van der Waals surface area contributed by atoms with Gasteiger partial charge in [-0.05, 0) is 41.8 Å². The fraction of sp³-hybridized carbons (Fsp3) is 0.444. The first kappa shape index (κ1) is 26.3. The van der Waals surface area contributed by atoms with Crippen LogP contribution in [0.1, 0.15) is 22.3 Å². The number of halogens is 1. The minimum absolute atomic E-state index is 0.0632. The lowest BCUT2D eigenvalue weighted by Gasteiger charge is -2.29. The van der Waals surface area contributed by atoms with Crippen molar-refractivity contribution in [3.05, 3.63) is 58.6 Å². The van der Waals surface area contributed by atoms with Crippen LogP contribution in [0.4, 0.5) is 0 Å². The number of carbonyl (C=O) groups is 1. The van der Waals surface area contributed by atoms with Gasteiger partial charge < -0.3 is 29.0 Å². The van der Waals surface area contributed by atoms with Crippen molar-refractivity contribution >= 4 is 23.1 Å². The Morgan fingerprint density at radius 3 is 2.33 bits per heavy atom. The van der Waals surface area contributed by atoms with Crippen LogP contribution in [0.3, 0.4) is 0 Å². The first-order valence-electron chi connectivity index (χ1n) is 12.1. The van der Waals surface area contributed by atoms with Gasteiger partial charge in [-0.2, -0.15) is 0 Å². The molecule has 1 saturated heterocycles. The highest BCUT2D eigenvalue weighted by molar-refractivity contribution is 6.30. The van der Waals surface area contributed by atoms with Gasteiger partial charge in [-0.3, -0.25) is 9.69 Å². The zero-order chi connectivity index (χ0) is 25.5. The van der Waals surface area contributed by atoms with Gasteiger partial charge in [-0.15, -0.1) is 0 Å². The third-order valence-corrected chi connectivity index (χ3v) is 6.66. The van der Waals surface area contributed by atoms with Crippen molar-refractivity contribution in [3.8, 4) is 17.2 Å². The van der Waals surface area contributed by atoms with Crippen molar-refractivity contribution in [2.45, 2.75) is 12.5 Å². The summed E-state index contributed by atoms with van der Waals surface area (Å²) in [6, 6.07) is 11.2. The van der Waals surface area contributed by atoms with Crippen LogP contribution >= 0.6 is 11.6 Å². The van der Waals surface area contributed by atoms with E-state index in [0.29, 0.717) is 55.7 Å². The molecule has 8 nitrogen and oxygen atoms in total. The lowest BCUT2D eigenvalue weighted by Crippen LogP contribution is -2.40. The second kappa shape index (κ2) is 12.5. The molecule has 0 bridgehead atoms. The Balaban J connectivity index is 1.35. The molecule has 194 valence electrons. The molecule has 1 N–H and O–H groups in total. The number of carbonyl (C=O) groups excluding carboxylic acids is 1. The van der Waals surface area contributed by atoms with Gasteiger partial charge in [0.05, 0.1) is 27.4 Å². The summed E-state index contributed by atoms with van der Waals surface area (Å²) in [6.07, 6.45) is 2.38. The number of morpholine rings is 1. The number of rotatable bonds is 9. The quantitative estimate of drug-likeness (QED) is 0.547. The minimum atomic E-state index is -0.709. The van der Waals surface area contributed by atoms with E-state index in [1.165, 1.54) is 25.4 Å². The van der Waals surface area contributed by atoms with Crippen LogP contribution in [0.25, 0.3) is 5.57 Å². The number of β-amino-alcohol motifs (C(OH)–C–C–N with tert-alkyl or cyclic N) is 1. The number of hydrogen-bond acceptors (Lipinski definition) is 7. The average Bonchev–Trinajstić information content (AvgIpc) is 2.92. The Morgan fingerprint density at radius 2 is 1.75 bits per heavy atom. The molecule has 0 saturated carbocycles. The predicted molar refractivity (Wildman–Crippen MR) is 138 cm³/mol. The average molecular weight is 517 g/mol. The lowest BCUT2D eigenvalue weighted by atomic mass is 9.99. The van der Waals surface area contributed by atoms with Gasteiger partial charge >= 0.3 is 0 Å². The van der Waals surface area contributed by atoms with E-state index in [4.69, 9.17) is 30.5 Å². The number of amides is 1. The number of hydrogen-bond donors (Lipinski definition) is 1. The van der Waals surface area contributed by atoms with E-state index in [1.807, 2.05) is 24.3 Å². The molecule has 1 fully saturated rings. The molecule has 0 spiro atoms. The number of aliphatic hydroxyl groups is 1. The molecule has 4 rings (SSSR count). The number of aliphatic hydroxyl groups excluding tert-OH is 1. The van der Waals surface area contributed by atoms with E-state index in [1.54, 1.807) is 17.0 Å². The van der Waals surface area contributed by atoms with Gasteiger partial charge in [0.15, 0.2) is 11.5 Å². The molecule has 2 aromatic carbocycles. The minimum Gasteiger partial charge on any atom is -0.493 e. The highest BCUT2D eigenvalue weighted by atomic mass is 35.5. The van der Waals surface area contributed by atoms with Crippen molar-refractivity contribution in [3.63, 3.8) is 0 Å². The molecule has 36 heavy (non-hydrogen) atoms. The molecule has 2 aliphatic rings. The molecule has 1 amide bonds. The van der Waals surface area contributed by atoms with Crippen molar-refractivity contribution < 1.29 is 28.8 Å². The Labute approximate surface area is 216 Å². The fourth-order valence-electron chi connectivity index (χ4n) is 4.43. The van der Waals surface area contributed by atoms with Gasteiger partial charge in [0.25, 0.3) is 5.91 Å². The first-order chi connectivity index (χ1) is 17.5. The Morgan fingerprint density at radius 1 is 1.08 bits per heavy atom. The van der Waals surface area contributed by atoms with E-state index >= 15 is 0 Å². The smallest absolute Gasteiger partial charge is 0.254 e. The molecule has 2 aromatic rings. The normalized spacial score (nSPS) is 17.3. The van der Waals surface area contributed by atoms with Crippen LogP contribution in [-0.4, -0.2) is 93.7 Å². The third-order valence-electron chi connectivity index (χ3n) is 6.40. The standard InChI is InChI=1S/C27H33ClN2O6/c1-33-24-15-21(27(32)30-11-13-35-14-12-30)16-25(34-2)26(24)36-18-23(31)17-29-9-7-20(8-10-29)19-3-5-22(28)6-4-19/h3-7,15-16,23,31H,8-14,17-18H2,1-2H3. The summed E-state index contributed by atoms with van der Waals surface area (Å²) in [7, 11) is 3.03. The number of benzene rings is 2. The SMILES string of the molecule is COc1cc(C(=O)N2CCOCC2)cc(OC)c1OCC(O)CN1CC=C(c2ccc(Cl)cc2)CC1. The van der Waals surface area contributed by atoms with Gasteiger partial charge in [0, 0.05) is 43.3 Å². The molecule has 0 radical (unpaired) electrons. The lowest BCUT2D eigenvalue weighted by molar-refractivity contribution is 0.0302. The molecular weight excluding hydrogens is 484 g/mol. The van der Waals surface area contributed by atoms with Crippen LogP contribution in [0.2, 0.25) is 5.02 Å². The maximum absolute atomic E-state index is 12.9. The fourth-order valence-corrected chi connectivity index (χ4v) is 4.55. The van der Waals surface area contributed by atoms with E-state index in [0.717, 1.165) is 24.5 Å². The van der Waals surface area contributed by atoms with Gasteiger partial charge in [-0.25, -0.2) is 0 Å². The van der Waals surface area contributed by atoms with Crippen LogP contribution in [0.5, 0.6) is 17.2 Å². The largest absolute Gasteiger partial charge is 0.493 e. The summed E-state index contributed by atoms with van der Waals surface area (Å²) < 4.78 is 22.3. The summed E-state index contributed by atoms with van der Waals surface area (Å²) in [5.74, 6) is 1.01. The zero-order valence-electron chi connectivity index (χ0n) is 20.7. The van der Waals surface area contributed by atoms with Gasteiger partial charge in [-0.1, -0.05) is 29.8 Å². The summed E-state index contributed by atoms with van der Waals surface area (Å²) in [5.41, 5.74) is 2.92. The van der Waals surface area contributed by atoms with Crippen molar-refractivity contribution in [1.82, 2.24) is 9.80 Å². The number of methoxy groups -OCH3 is 2. The van der Waals surface area contributed by atoms with E-state index < -0.39 is 6.10 Å². The maximum atomic E-state index is 12.9. The van der Waals surface area contributed by atoms with Crippen LogP contribution in [0, 0.1) is 0 Å². The third kappa shape index (κ3) is 6.50. The van der Waals surface area contributed by atoms with Crippen LogP contribution in [-0.2, 0) is 4.74 Å². The van der Waals surface area contributed by atoms with Crippen LogP contribution in [0.15, 0.2) is 42.5 Å². The number of nitrogens with zero attached hydrogens (tertiary/aromatic N) is 2. The topological polar surface area (TPSA) is 80.7 Å². The number of ether oxygens (including phenoxy) is 4. The molecule has 1 atom stereocenters. The summed E-state index contributed by atoms with van der Waals surface area (Å²) in [4.78, 5) is 16.9. The molecule has 0 aliphatic carbocycles. The monoisotopic (exact) mass is 516 g/mol. The molecule has 2 aliphatic heterocycles. The Hall–Kier alpha value is -2.78. The molecule has 1 unspecified atom stereocenters. The zero-order valence-corrected chi connectivity index (χ0v) is 21.5. The maximum Gasteiger partial charge on any atom is 0.254 e. The van der Waals surface area contributed by atoms with Crippen molar-refractivity contribution in [2.75, 3.05) is 66.8 Å². The molecule has 2 heterocycles. The van der Waals surface area contributed by atoms with Crippen molar-refractivity contribution in [1.29, 1.82) is 0 Å². The molecule has 9 heteroatoms. The predicted octanol–water partition coefficient (Wildman–Crippen LogP) is 3.36. The van der Waals surface area contributed by atoms with Crippen molar-refractivity contribution in [2.24, 2.45) is 0 Å². The Bertz CT molecular complexity index is 1040. The second-order valence-electron chi connectivity index (χ2n) is 8.83. The summed E-state index contributed by atoms with van der Waals surface area (Å²) in [6.45, 7) is 4.26. The van der Waals surface area contributed by atoms with Gasteiger partial charge in [0.2, 0.25) is 5.75 Å². The summed E-state index contributed by atoms with van der Waals surface area (Å²) >= 11 is 5.99. The molecule has 0 aromatic heterocycles. The van der Waals surface area contributed by atoms with Crippen LogP contribution < -0.4 is 14.2 Å². The molecular formula is C27H33ClN2O6.